The van der Waals surface area contributed by atoms with Crippen molar-refractivity contribution < 1.29 is 4.79 Å². The first kappa shape index (κ1) is 27.4. The van der Waals surface area contributed by atoms with Crippen LogP contribution in [-0.2, 0) is 16.8 Å². The van der Waals surface area contributed by atoms with Crippen LogP contribution in [0.4, 0.5) is 0 Å². The lowest BCUT2D eigenvalue weighted by Crippen LogP contribution is -2.52. The van der Waals surface area contributed by atoms with Crippen LogP contribution >= 0.6 is 0 Å². The Morgan fingerprint density at radius 2 is 1.75 bits per heavy atom. The third-order valence-corrected chi connectivity index (χ3v) is 8.29. The van der Waals surface area contributed by atoms with Gasteiger partial charge in [0.05, 0.1) is 41.3 Å². The zero-order valence-corrected chi connectivity index (χ0v) is 23.1. The second kappa shape index (κ2) is 12.8. The van der Waals surface area contributed by atoms with Crippen molar-refractivity contribution in [3.05, 3.63) is 125 Å². The average Bonchev–Trinajstić information content (AvgIpc) is 3.57. The molecule has 0 bridgehead atoms. The van der Waals surface area contributed by atoms with Crippen LogP contribution in [-0.4, -0.2) is 40.4 Å². The molecule has 0 aliphatic carbocycles. The Labute approximate surface area is 237 Å². The molecule has 3 aromatic carbocycles. The summed E-state index contributed by atoms with van der Waals surface area (Å²) in [5.74, 6) is 0.252. The SMILES string of the molecule is CCC(Cc1ccc(C#N)cc1)(NC(=O)[C@H]1CCCN(CC(c2ccccc2)c2ccccc2)C1)c1cnc[nH]1. The first-order chi connectivity index (χ1) is 19.6. The number of aromatic nitrogens is 2. The predicted molar refractivity (Wildman–Crippen MR) is 157 cm³/mol. The van der Waals surface area contributed by atoms with Crippen molar-refractivity contribution in [1.82, 2.24) is 20.2 Å². The number of carbonyl (C=O) groups excluding carboxylic acids is 1. The van der Waals surface area contributed by atoms with Crippen molar-refractivity contribution in [2.24, 2.45) is 5.92 Å². The van der Waals surface area contributed by atoms with E-state index in [-0.39, 0.29) is 17.7 Å². The molecule has 2 atom stereocenters. The number of H-pyrrole nitrogens is 1. The van der Waals surface area contributed by atoms with Crippen LogP contribution in [0.2, 0.25) is 0 Å². The van der Waals surface area contributed by atoms with Gasteiger partial charge in [-0.05, 0) is 54.6 Å². The summed E-state index contributed by atoms with van der Waals surface area (Å²) >= 11 is 0. The molecular weight excluding hydrogens is 494 g/mol. The highest BCUT2D eigenvalue weighted by Crippen LogP contribution is 2.31. The highest BCUT2D eigenvalue weighted by Gasteiger charge is 2.37. The number of hydrogen-bond donors (Lipinski definition) is 2. The quantitative estimate of drug-likeness (QED) is 0.271. The molecule has 1 amide bonds. The summed E-state index contributed by atoms with van der Waals surface area (Å²) in [4.78, 5) is 23.9. The molecule has 2 heterocycles. The number of imidazole rings is 1. The van der Waals surface area contributed by atoms with Crippen molar-refractivity contribution in [3.63, 3.8) is 0 Å². The summed E-state index contributed by atoms with van der Waals surface area (Å²) in [5.41, 5.74) is 4.57. The van der Waals surface area contributed by atoms with E-state index in [1.807, 2.05) is 30.5 Å². The average molecular weight is 532 g/mol. The molecule has 0 spiro atoms. The number of piperidine rings is 1. The largest absolute Gasteiger partial charge is 0.347 e. The van der Waals surface area contributed by atoms with E-state index in [4.69, 9.17) is 0 Å². The fraction of sp³-hybridized carbons (Fsp3) is 0.324. The van der Waals surface area contributed by atoms with Gasteiger partial charge in [0.15, 0.2) is 0 Å². The van der Waals surface area contributed by atoms with Crippen molar-refractivity contribution in [3.8, 4) is 6.07 Å². The molecule has 1 saturated heterocycles. The number of nitriles is 1. The van der Waals surface area contributed by atoms with Gasteiger partial charge in [-0.15, -0.1) is 0 Å². The van der Waals surface area contributed by atoms with Gasteiger partial charge in [0, 0.05) is 25.4 Å². The Hall–Kier alpha value is -4.21. The molecule has 1 aromatic heterocycles. The van der Waals surface area contributed by atoms with E-state index in [0.717, 1.165) is 43.7 Å². The third-order valence-electron chi connectivity index (χ3n) is 8.29. The topological polar surface area (TPSA) is 84.8 Å². The second-order valence-electron chi connectivity index (χ2n) is 10.8. The fourth-order valence-electron chi connectivity index (χ4n) is 5.98. The van der Waals surface area contributed by atoms with Gasteiger partial charge in [-0.1, -0.05) is 79.7 Å². The van der Waals surface area contributed by atoms with E-state index >= 15 is 0 Å². The number of hydrogen-bond acceptors (Lipinski definition) is 4. The van der Waals surface area contributed by atoms with Crippen LogP contribution in [0.5, 0.6) is 0 Å². The summed E-state index contributed by atoms with van der Waals surface area (Å²) in [6.45, 7) is 4.71. The molecule has 5 rings (SSSR count). The number of likely N-dealkylation sites (tertiary alicyclic amines) is 1. The zero-order valence-electron chi connectivity index (χ0n) is 23.1. The molecule has 40 heavy (non-hydrogen) atoms. The van der Waals surface area contributed by atoms with Crippen LogP contribution in [0.3, 0.4) is 0 Å². The van der Waals surface area contributed by atoms with Crippen molar-refractivity contribution in [2.75, 3.05) is 19.6 Å². The second-order valence-corrected chi connectivity index (χ2v) is 10.8. The van der Waals surface area contributed by atoms with Crippen LogP contribution in [0.25, 0.3) is 0 Å². The highest BCUT2D eigenvalue weighted by molar-refractivity contribution is 5.80. The first-order valence-electron chi connectivity index (χ1n) is 14.2. The third kappa shape index (κ3) is 6.32. The number of carbonyl (C=O) groups is 1. The molecule has 0 radical (unpaired) electrons. The van der Waals surface area contributed by atoms with Gasteiger partial charge < -0.3 is 15.2 Å². The standard InChI is InChI=1S/C34H37N5O/c1-2-34(32-22-36-25-37-32,20-26-15-17-27(21-35)18-16-26)38-33(40)30-14-9-19-39(23-30)24-31(28-10-5-3-6-11-28)29-12-7-4-8-13-29/h3-8,10-13,15-18,22,25,30-31H,2,9,14,19-20,23-24H2,1H3,(H,36,37)(H,38,40)/t30-,34?/m0/s1. The zero-order chi connectivity index (χ0) is 27.8. The number of nitrogens with one attached hydrogen (secondary N) is 2. The summed E-state index contributed by atoms with van der Waals surface area (Å²) < 4.78 is 0. The van der Waals surface area contributed by atoms with E-state index < -0.39 is 5.54 Å². The number of rotatable bonds is 10. The maximum absolute atomic E-state index is 13.9. The minimum Gasteiger partial charge on any atom is -0.347 e. The van der Waals surface area contributed by atoms with Gasteiger partial charge in [0.25, 0.3) is 0 Å². The van der Waals surface area contributed by atoms with Gasteiger partial charge in [-0.3, -0.25) is 4.79 Å². The monoisotopic (exact) mass is 531 g/mol. The maximum atomic E-state index is 13.9. The van der Waals surface area contributed by atoms with Crippen LogP contribution in [0.1, 0.15) is 60.1 Å². The van der Waals surface area contributed by atoms with Gasteiger partial charge in [-0.2, -0.15) is 5.26 Å². The van der Waals surface area contributed by atoms with Crippen molar-refractivity contribution in [1.29, 1.82) is 5.26 Å². The summed E-state index contributed by atoms with van der Waals surface area (Å²) in [5, 5.41) is 12.7. The highest BCUT2D eigenvalue weighted by atomic mass is 16.2. The predicted octanol–water partition coefficient (Wildman–Crippen LogP) is 5.79. The molecule has 1 aliphatic heterocycles. The van der Waals surface area contributed by atoms with Crippen LogP contribution < -0.4 is 5.32 Å². The maximum Gasteiger partial charge on any atom is 0.225 e. The number of nitrogens with zero attached hydrogens (tertiary/aromatic N) is 3. The van der Waals surface area contributed by atoms with E-state index in [0.29, 0.717) is 18.4 Å². The molecule has 1 unspecified atom stereocenters. The van der Waals surface area contributed by atoms with Gasteiger partial charge in [0.2, 0.25) is 5.91 Å². The number of aromatic amines is 1. The summed E-state index contributed by atoms with van der Waals surface area (Å²) in [6, 6.07) is 31.1. The van der Waals surface area contributed by atoms with E-state index in [2.05, 4.69) is 93.8 Å². The molecule has 2 N–H and O–H groups in total. The minimum absolute atomic E-state index is 0.0873. The normalized spacial score (nSPS) is 17.2. The Balaban J connectivity index is 1.33. The first-order valence-corrected chi connectivity index (χ1v) is 14.2. The molecule has 204 valence electrons. The summed E-state index contributed by atoms with van der Waals surface area (Å²) in [7, 11) is 0. The van der Waals surface area contributed by atoms with Crippen LogP contribution in [0.15, 0.2) is 97.5 Å². The fourth-order valence-corrected chi connectivity index (χ4v) is 5.98. The minimum atomic E-state index is -0.610. The lowest BCUT2D eigenvalue weighted by Gasteiger charge is -2.38. The molecule has 0 saturated carbocycles. The lowest BCUT2D eigenvalue weighted by molar-refractivity contribution is -0.129. The Morgan fingerprint density at radius 1 is 1.07 bits per heavy atom. The van der Waals surface area contributed by atoms with Gasteiger partial charge >= 0.3 is 0 Å². The smallest absolute Gasteiger partial charge is 0.225 e. The molecule has 4 aromatic rings. The Bertz CT molecular complexity index is 1360. The molecular formula is C34H37N5O. The van der Waals surface area contributed by atoms with Crippen molar-refractivity contribution in [2.45, 2.75) is 44.1 Å². The van der Waals surface area contributed by atoms with E-state index in [9.17, 15) is 10.1 Å². The van der Waals surface area contributed by atoms with Crippen LogP contribution in [0, 0.1) is 17.2 Å². The van der Waals surface area contributed by atoms with Gasteiger partial charge in [0.1, 0.15) is 0 Å². The van der Waals surface area contributed by atoms with Gasteiger partial charge in [-0.25, -0.2) is 4.98 Å². The lowest BCUT2D eigenvalue weighted by atomic mass is 9.83. The van der Waals surface area contributed by atoms with E-state index in [1.165, 1.54) is 11.1 Å². The summed E-state index contributed by atoms with van der Waals surface area (Å²) in [6.07, 6.45) is 6.67. The van der Waals surface area contributed by atoms with Crippen molar-refractivity contribution >= 4 is 5.91 Å². The molecule has 6 nitrogen and oxygen atoms in total. The molecule has 6 heteroatoms. The number of amides is 1. The Kier molecular flexibility index (Phi) is 8.73. The molecule has 1 aliphatic rings. The number of benzene rings is 3. The molecule has 1 fully saturated rings. The Morgan fingerprint density at radius 3 is 2.33 bits per heavy atom. The van der Waals surface area contributed by atoms with E-state index in [1.54, 1.807) is 6.33 Å².